The maximum Gasteiger partial charge on any atom is 0.121 e. The molecule has 7 heteroatoms. The predicted molar refractivity (Wildman–Crippen MR) is 154 cm³/mol. The Morgan fingerprint density at radius 2 is 1.72 bits per heavy atom. The zero-order chi connectivity index (χ0) is 26.4. The molecule has 0 saturated heterocycles. The van der Waals surface area contributed by atoms with Gasteiger partial charge in [0.15, 0.2) is 0 Å². The van der Waals surface area contributed by atoms with Gasteiger partial charge in [-0.05, 0) is 71.0 Å². The first kappa shape index (κ1) is 25.1. The molecule has 7 nitrogen and oxygen atoms in total. The summed E-state index contributed by atoms with van der Waals surface area (Å²) >= 11 is 0. The van der Waals surface area contributed by atoms with Crippen molar-refractivity contribution in [1.29, 1.82) is 0 Å². The lowest BCUT2D eigenvalue weighted by Crippen LogP contribution is -2.31. The third kappa shape index (κ3) is 5.79. The number of H-pyrrole nitrogens is 1. The summed E-state index contributed by atoms with van der Waals surface area (Å²) in [6.07, 6.45) is 5.26. The molecule has 39 heavy (non-hydrogen) atoms. The smallest absolute Gasteiger partial charge is 0.121 e. The summed E-state index contributed by atoms with van der Waals surface area (Å²) in [5, 5.41) is 6.56. The molecule has 0 spiro atoms. The molecule has 1 aliphatic rings. The first-order chi connectivity index (χ1) is 19.3. The number of nitrogens with one attached hydrogen (secondary N) is 2. The molecule has 196 valence electrons. The summed E-state index contributed by atoms with van der Waals surface area (Å²) in [5.74, 6) is 0.977. The van der Waals surface area contributed by atoms with E-state index in [1.54, 1.807) is 6.07 Å². The molecule has 3 aromatic carbocycles. The number of hydrogen-bond acceptors (Lipinski definition) is 6. The van der Waals surface area contributed by atoms with Crippen LogP contribution in [-0.4, -0.2) is 19.9 Å². The number of rotatable bonds is 10. The molecule has 5 aromatic rings. The van der Waals surface area contributed by atoms with E-state index in [-0.39, 0.29) is 6.04 Å². The Hall–Kier alpha value is -4.20. The summed E-state index contributed by atoms with van der Waals surface area (Å²) in [7, 11) is 0. The lowest BCUT2D eigenvalue weighted by Gasteiger charge is -2.34. The van der Waals surface area contributed by atoms with Crippen LogP contribution in [0.5, 0.6) is 0 Å². The molecular formula is C32H32N6O. The molecular weight excluding hydrogens is 484 g/mol. The highest BCUT2D eigenvalue weighted by Crippen LogP contribution is 2.34. The number of nitrogens with zero attached hydrogens (tertiary/aromatic N) is 4. The number of nitroso groups, excluding NO2 is 1. The van der Waals surface area contributed by atoms with E-state index in [2.05, 4.69) is 62.8 Å². The largest absolute Gasteiger partial charge is 0.341 e. The van der Waals surface area contributed by atoms with Gasteiger partial charge in [-0.3, -0.25) is 9.88 Å². The number of pyridine rings is 1. The standard InChI is InChI=1S/C32H32N6O/c39-37-27-10-2-1-7-26(27)20-33-19-23-14-16-24(17-15-23)21-38(22-31-35-28-11-3-4-12-29(28)36-31)30-13-5-8-25-9-6-18-34-32(25)30/h1-4,6-7,9-12,14-18,30,33H,5,8,13,19-22H2,(H,35,36). The van der Waals surface area contributed by atoms with E-state index in [4.69, 9.17) is 9.97 Å². The van der Waals surface area contributed by atoms with E-state index < -0.39 is 0 Å². The summed E-state index contributed by atoms with van der Waals surface area (Å²) in [6, 6.07) is 28.9. The minimum Gasteiger partial charge on any atom is -0.341 e. The molecule has 0 aliphatic heterocycles. The van der Waals surface area contributed by atoms with Crippen LogP contribution in [0.25, 0.3) is 11.0 Å². The molecule has 0 saturated carbocycles. The number of para-hydroxylation sites is 2. The van der Waals surface area contributed by atoms with Crippen molar-refractivity contribution >= 4 is 16.7 Å². The van der Waals surface area contributed by atoms with Crippen molar-refractivity contribution in [1.82, 2.24) is 25.2 Å². The molecule has 1 unspecified atom stereocenters. The second kappa shape index (κ2) is 11.7. The molecule has 1 aliphatic carbocycles. The van der Waals surface area contributed by atoms with Crippen LogP contribution >= 0.6 is 0 Å². The lowest BCUT2D eigenvalue weighted by atomic mass is 9.90. The van der Waals surface area contributed by atoms with Crippen LogP contribution in [-0.2, 0) is 32.6 Å². The molecule has 0 fully saturated rings. The Bertz CT molecular complexity index is 1530. The zero-order valence-corrected chi connectivity index (χ0v) is 21.9. The van der Waals surface area contributed by atoms with Gasteiger partial charge < -0.3 is 10.3 Å². The van der Waals surface area contributed by atoms with Gasteiger partial charge in [0, 0.05) is 25.8 Å². The van der Waals surface area contributed by atoms with E-state index in [0.29, 0.717) is 12.2 Å². The van der Waals surface area contributed by atoms with Crippen molar-refractivity contribution in [3.63, 3.8) is 0 Å². The van der Waals surface area contributed by atoms with Crippen molar-refractivity contribution in [2.24, 2.45) is 5.18 Å². The minimum atomic E-state index is 0.246. The van der Waals surface area contributed by atoms with Crippen LogP contribution in [0.15, 0.2) is 96.3 Å². The van der Waals surface area contributed by atoms with E-state index >= 15 is 0 Å². The summed E-state index contributed by atoms with van der Waals surface area (Å²) in [6.45, 7) is 2.85. The van der Waals surface area contributed by atoms with Crippen LogP contribution in [0.1, 0.15) is 52.7 Å². The summed E-state index contributed by atoms with van der Waals surface area (Å²) in [5.41, 5.74) is 8.48. The van der Waals surface area contributed by atoms with Gasteiger partial charge in [0.05, 0.1) is 29.3 Å². The Labute approximate surface area is 228 Å². The topological polar surface area (TPSA) is 86.3 Å². The average Bonchev–Trinajstić information content (AvgIpc) is 3.40. The fourth-order valence-corrected chi connectivity index (χ4v) is 5.58. The highest BCUT2D eigenvalue weighted by atomic mass is 16.3. The monoisotopic (exact) mass is 516 g/mol. The normalized spacial score (nSPS) is 14.9. The highest BCUT2D eigenvalue weighted by molar-refractivity contribution is 5.74. The Kier molecular flexibility index (Phi) is 7.52. The Morgan fingerprint density at radius 1 is 0.897 bits per heavy atom. The quantitative estimate of drug-likeness (QED) is 0.201. The van der Waals surface area contributed by atoms with E-state index in [1.807, 2.05) is 42.6 Å². The van der Waals surface area contributed by atoms with Crippen LogP contribution < -0.4 is 5.32 Å². The second-order valence-corrected chi connectivity index (χ2v) is 10.2. The van der Waals surface area contributed by atoms with Crippen molar-refractivity contribution in [3.05, 3.63) is 130 Å². The number of imidazole rings is 1. The number of benzene rings is 3. The van der Waals surface area contributed by atoms with Crippen molar-refractivity contribution in [2.75, 3.05) is 0 Å². The lowest BCUT2D eigenvalue weighted by molar-refractivity contribution is 0.153. The SMILES string of the molecule is O=Nc1ccccc1CNCc1ccc(CN(Cc2nc3ccccc3[nH]2)C2CCCc3cccnc32)cc1. The van der Waals surface area contributed by atoms with Gasteiger partial charge in [-0.1, -0.05) is 60.7 Å². The van der Waals surface area contributed by atoms with Crippen molar-refractivity contribution in [2.45, 2.75) is 51.5 Å². The average molecular weight is 517 g/mol. The van der Waals surface area contributed by atoms with E-state index in [0.717, 1.165) is 61.3 Å². The van der Waals surface area contributed by atoms with Gasteiger partial charge >= 0.3 is 0 Å². The van der Waals surface area contributed by atoms with Crippen molar-refractivity contribution < 1.29 is 0 Å². The molecule has 2 N–H and O–H groups in total. The minimum absolute atomic E-state index is 0.246. The Balaban J connectivity index is 1.18. The fraction of sp³-hybridized carbons (Fsp3) is 0.250. The maximum atomic E-state index is 11.0. The first-order valence-electron chi connectivity index (χ1n) is 13.6. The van der Waals surface area contributed by atoms with Crippen LogP contribution in [0, 0.1) is 4.91 Å². The van der Waals surface area contributed by atoms with Gasteiger partial charge in [0.1, 0.15) is 11.5 Å². The molecule has 0 radical (unpaired) electrons. The van der Waals surface area contributed by atoms with Crippen LogP contribution in [0.2, 0.25) is 0 Å². The molecule has 2 aromatic heterocycles. The third-order valence-electron chi connectivity index (χ3n) is 7.54. The third-order valence-corrected chi connectivity index (χ3v) is 7.54. The molecule has 6 rings (SSSR count). The predicted octanol–water partition coefficient (Wildman–Crippen LogP) is 6.73. The highest BCUT2D eigenvalue weighted by Gasteiger charge is 2.28. The summed E-state index contributed by atoms with van der Waals surface area (Å²) < 4.78 is 0. The van der Waals surface area contributed by atoms with Gasteiger partial charge in [0.25, 0.3) is 0 Å². The van der Waals surface area contributed by atoms with Crippen LogP contribution in [0.4, 0.5) is 5.69 Å². The number of aromatic nitrogens is 3. The van der Waals surface area contributed by atoms with Gasteiger partial charge in [-0.2, -0.15) is 0 Å². The maximum absolute atomic E-state index is 11.0. The van der Waals surface area contributed by atoms with Gasteiger partial charge in [-0.25, -0.2) is 4.98 Å². The molecule has 2 heterocycles. The van der Waals surface area contributed by atoms with E-state index in [9.17, 15) is 4.91 Å². The van der Waals surface area contributed by atoms with Crippen molar-refractivity contribution in [3.8, 4) is 0 Å². The summed E-state index contributed by atoms with van der Waals surface area (Å²) in [4.78, 5) is 26.8. The first-order valence-corrected chi connectivity index (χ1v) is 13.6. The number of hydrogen-bond donors (Lipinski definition) is 2. The second-order valence-electron chi connectivity index (χ2n) is 10.2. The zero-order valence-electron chi connectivity index (χ0n) is 21.9. The van der Waals surface area contributed by atoms with Gasteiger partial charge in [-0.15, -0.1) is 4.91 Å². The number of aromatic amines is 1. The van der Waals surface area contributed by atoms with Crippen LogP contribution in [0.3, 0.4) is 0 Å². The molecule has 0 amide bonds. The fourth-order valence-electron chi connectivity index (χ4n) is 5.58. The number of aryl methyl sites for hydroxylation is 1. The molecule has 1 atom stereocenters. The van der Waals surface area contributed by atoms with E-state index in [1.165, 1.54) is 22.4 Å². The number of fused-ring (bicyclic) bond motifs is 2. The molecule has 0 bridgehead atoms. The van der Waals surface area contributed by atoms with Gasteiger partial charge in [0.2, 0.25) is 0 Å². The Morgan fingerprint density at radius 3 is 2.59 bits per heavy atom.